The zero-order chi connectivity index (χ0) is 11.8. The van der Waals surface area contributed by atoms with Crippen molar-refractivity contribution in [2.45, 2.75) is 12.5 Å². The van der Waals surface area contributed by atoms with Crippen LogP contribution in [0.2, 0.25) is 0 Å². The van der Waals surface area contributed by atoms with Crippen molar-refractivity contribution in [3.63, 3.8) is 0 Å². The molecule has 5 heteroatoms. The van der Waals surface area contributed by atoms with Gasteiger partial charge in [-0.1, -0.05) is 0 Å². The number of anilines is 2. The summed E-state index contributed by atoms with van der Waals surface area (Å²) >= 11 is 0. The molecule has 1 aromatic rings. The Labute approximate surface area is 94.4 Å². The van der Waals surface area contributed by atoms with Crippen molar-refractivity contribution in [2.24, 2.45) is 0 Å². The topological polar surface area (TPSA) is 75.2 Å². The van der Waals surface area contributed by atoms with E-state index in [-0.39, 0.29) is 5.60 Å². The second-order valence-corrected chi connectivity index (χ2v) is 4.26. The molecule has 5 nitrogen and oxygen atoms in total. The highest BCUT2D eigenvalue weighted by atomic mass is 16.5. The fourth-order valence-corrected chi connectivity index (χ4v) is 1.84. The Morgan fingerprint density at radius 3 is 2.81 bits per heavy atom. The van der Waals surface area contributed by atoms with Gasteiger partial charge in [0.15, 0.2) is 5.82 Å². The normalized spacial score (nSPS) is 17.7. The lowest BCUT2D eigenvalue weighted by Crippen LogP contribution is -2.61. The summed E-state index contributed by atoms with van der Waals surface area (Å²) in [5.74, 6) is 0.730. The third-order valence-corrected chi connectivity index (χ3v) is 2.87. The van der Waals surface area contributed by atoms with Crippen molar-refractivity contribution >= 4 is 11.5 Å². The maximum atomic E-state index is 8.70. The number of nitriles is 1. The molecule has 1 saturated heterocycles. The number of nitrogens with zero attached hydrogens (tertiary/aromatic N) is 3. The quantitative estimate of drug-likeness (QED) is 0.793. The van der Waals surface area contributed by atoms with Gasteiger partial charge >= 0.3 is 0 Å². The molecule has 1 aromatic heterocycles. The summed E-state index contributed by atoms with van der Waals surface area (Å²) in [6.07, 6.45) is 1.54. The standard InChI is InChI=1S/C11H14N4O/c1-11(16-2)6-15(7-11)10-9(13)3-8(4-12)5-14-10/h3,5H,6-7,13H2,1-2H3. The van der Waals surface area contributed by atoms with Crippen LogP contribution in [0.1, 0.15) is 12.5 Å². The summed E-state index contributed by atoms with van der Waals surface area (Å²) in [5.41, 5.74) is 6.75. The van der Waals surface area contributed by atoms with Gasteiger partial charge in [0.2, 0.25) is 0 Å². The zero-order valence-corrected chi connectivity index (χ0v) is 9.40. The van der Waals surface area contributed by atoms with Crippen LogP contribution < -0.4 is 10.6 Å². The van der Waals surface area contributed by atoms with Crippen molar-refractivity contribution < 1.29 is 4.74 Å². The van der Waals surface area contributed by atoms with Crippen LogP contribution in [-0.2, 0) is 4.74 Å². The third-order valence-electron chi connectivity index (χ3n) is 2.87. The molecule has 1 aliphatic heterocycles. The Morgan fingerprint density at radius 1 is 1.62 bits per heavy atom. The van der Waals surface area contributed by atoms with Crippen molar-refractivity contribution in [3.8, 4) is 6.07 Å². The minimum atomic E-state index is -0.109. The summed E-state index contributed by atoms with van der Waals surface area (Å²) in [6, 6.07) is 3.66. The van der Waals surface area contributed by atoms with E-state index in [1.807, 2.05) is 17.9 Å². The van der Waals surface area contributed by atoms with Crippen LogP contribution in [0.5, 0.6) is 0 Å². The highest BCUT2D eigenvalue weighted by Gasteiger charge is 2.40. The van der Waals surface area contributed by atoms with Gasteiger partial charge < -0.3 is 15.4 Å². The number of hydrogen-bond acceptors (Lipinski definition) is 5. The first-order valence-corrected chi connectivity index (χ1v) is 5.04. The number of nitrogen functional groups attached to an aromatic ring is 1. The molecule has 1 fully saturated rings. The minimum absolute atomic E-state index is 0.109. The molecule has 16 heavy (non-hydrogen) atoms. The van der Waals surface area contributed by atoms with Gasteiger partial charge in [0.25, 0.3) is 0 Å². The molecule has 0 spiro atoms. The van der Waals surface area contributed by atoms with Crippen LogP contribution in [0.25, 0.3) is 0 Å². The summed E-state index contributed by atoms with van der Waals surface area (Å²) in [5, 5.41) is 8.70. The number of pyridine rings is 1. The lowest BCUT2D eigenvalue weighted by molar-refractivity contribution is -0.0170. The van der Waals surface area contributed by atoms with Crippen molar-refractivity contribution in [3.05, 3.63) is 17.8 Å². The lowest BCUT2D eigenvalue weighted by Gasteiger charge is -2.47. The predicted molar refractivity (Wildman–Crippen MR) is 61.0 cm³/mol. The first-order chi connectivity index (χ1) is 7.58. The third kappa shape index (κ3) is 1.68. The van der Waals surface area contributed by atoms with Crippen LogP contribution >= 0.6 is 0 Å². The van der Waals surface area contributed by atoms with Gasteiger partial charge in [-0.2, -0.15) is 5.26 Å². The summed E-state index contributed by atoms with van der Waals surface area (Å²) in [7, 11) is 1.70. The molecule has 0 saturated carbocycles. The Balaban J connectivity index is 2.16. The Bertz CT molecular complexity index is 446. The van der Waals surface area contributed by atoms with Gasteiger partial charge in [0.1, 0.15) is 6.07 Å². The Morgan fingerprint density at radius 2 is 2.31 bits per heavy atom. The Hall–Kier alpha value is -1.80. The first kappa shape index (κ1) is 10.7. The van der Waals surface area contributed by atoms with Crippen molar-refractivity contribution in [1.29, 1.82) is 5.26 Å². The fraction of sp³-hybridized carbons (Fsp3) is 0.455. The highest BCUT2D eigenvalue weighted by Crippen LogP contribution is 2.31. The molecule has 0 unspecified atom stereocenters. The highest BCUT2D eigenvalue weighted by molar-refractivity contribution is 5.66. The number of ether oxygens (including phenoxy) is 1. The van der Waals surface area contributed by atoms with Crippen LogP contribution in [0.4, 0.5) is 11.5 Å². The largest absolute Gasteiger partial charge is 0.396 e. The van der Waals surface area contributed by atoms with E-state index in [4.69, 9.17) is 15.7 Å². The van der Waals surface area contributed by atoms with E-state index in [1.165, 1.54) is 6.20 Å². The van der Waals surface area contributed by atoms with E-state index in [9.17, 15) is 0 Å². The molecule has 0 aliphatic carbocycles. The van der Waals surface area contributed by atoms with Crippen LogP contribution in [0.3, 0.4) is 0 Å². The molecular weight excluding hydrogens is 204 g/mol. The predicted octanol–water partition coefficient (Wildman–Crippen LogP) is 0.761. The van der Waals surface area contributed by atoms with Gasteiger partial charge in [-0.05, 0) is 13.0 Å². The molecule has 0 atom stereocenters. The van der Waals surface area contributed by atoms with E-state index in [0.29, 0.717) is 11.3 Å². The van der Waals surface area contributed by atoms with Crippen LogP contribution in [-0.4, -0.2) is 30.8 Å². The summed E-state index contributed by atoms with van der Waals surface area (Å²) in [4.78, 5) is 6.24. The second-order valence-electron chi connectivity index (χ2n) is 4.26. The number of aromatic nitrogens is 1. The Kier molecular flexibility index (Phi) is 2.44. The number of methoxy groups -OCH3 is 1. The maximum Gasteiger partial charge on any atom is 0.152 e. The first-order valence-electron chi connectivity index (χ1n) is 5.04. The minimum Gasteiger partial charge on any atom is -0.396 e. The molecule has 0 amide bonds. The smallest absolute Gasteiger partial charge is 0.152 e. The molecule has 0 aromatic carbocycles. The number of nitrogens with two attached hydrogens (primary N) is 1. The molecule has 0 radical (unpaired) electrons. The molecule has 0 bridgehead atoms. The summed E-state index contributed by atoms with van der Waals surface area (Å²) < 4.78 is 5.35. The van der Waals surface area contributed by atoms with Gasteiger partial charge in [-0.15, -0.1) is 0 Å². The number of rotatable bonds is 2. The monoisotopic (exact) mass is 218 g/mol. The van der Waals surface area contributed by atoms with Gasteiger partial charge in [0, 0.05) is 13.3 Å². The van der Waals surface area contributed by atoms with E-state index in [0.717, 1.165) is 18.9 Å². The van der Waals surface area contributed by atoms with Crippen LogP contribution in [0, 0.1) is 11.3 Å². The van der Waals surface area contributed by atoms with E-state index >= 15 is 0 Å². The van der Waals surface area contributed by atoms with Gasteiger partial charge in [-0.3, -0.25) is 0 Å². The average Bonchev–Trinajstić information content (AvgIpc) is 2.25. The molecule has 1 aliphatic rings. The van der Waals surface area contributed by atoms with Crippen molar-refractivity contribution in [2.75, 3.05) is 30.8 Å². The fourth-order valence-electron chi connectivity index (χ4n) is 1.84. The lowest BCUT2D eigenvalue weighted by atomic mass is 9.96. The molecule has 2 heterocycles. The SMILES string of the molecule is COC1(C)CN(c2ncc(C#N)cc2N)C1. The molecular formula is C11H14N4O. The number of hydrogen-bond donors (Lipinski definition) is 1. The van der Waals surface area contributed by atoms with Crippen molar-refractivity contribution in [1.82, 2.24) is 4.98 Å². The maximum absolute atomic E-state index is 8.70. The van der Waals surface area contributed by atoms with Crippen LogP contribution in [0.15, 0.2) is 12.3 Å². The average molecular weight is 218 g/mol. The molecule has 84 valence electrons. The van der Waals surface area contributed by atoms with E-state index in [2.05, 4.69) is 4.98 Å². The summed E-state index contributed by atoms with van der Waals surface area (Å²) in [6.45, 7) is 3.59. The molecule has 2 rings (SSSR count). The second kappa shape index (κ2) is 3.65. The van der Waals surface area contributed by atoms with Gasteiger partial charge in [-0.25, -0.2) is 4.98 Å². The van der Waals surface area contributed by atoms with Gasteiger partial charge in [0.05, 0.1) is 29.9 Å². The zero-order valence-electron chi connectivity index (χ0n) is 9.40. The van der Waals surface area contributed by atoms with E-state index in [1.54, 1.807) is 13.2 Å². The molecule has 2 N–H and O–H groups in total. The van der Waals surface area contributed by atoms with E-state index < -0.39 is 0 Å².